The van der Waals surface area contributed by atoms with Gasteiger partial charge in [0.15, 0.2) is 0 Å². The SMILES string of the molecule is CCCNC1CCC(C(C)C)CC1SCC(C)C. The Morgan fingerprint density at radius 2 is 1.89 bits per heavy atom. The second kappa shape index (κ2) is 8.47. The lowest BCUT2D eigenvalue weighted by Crippen LogP contribution is -2.44. The highest BCUT2D eigenvalue weighted by Gasteiger charge is 2.31. The highest BCUT2D eigenvalue weighted by Crippen LogP contribution is 2.36. The lowest BCUT2D eigenvalue weighted by Gasteiger charge is -2.38. The second-order valence-corrected chi connectivity index (χ2v) is 7.92. The zero-order chi connectivity index (χ0) is 13.5. The molecular formula is C16H33NS. The van der Waals surface area contributed by atoms with Gasteiger partial charge < -0.3 is 5.32 Å². The molecule has 0 aromatic heterocycles. The molecule has 3 atom stereocenters. The standard InChI is InChI=1S/C16H33NS/c1-6-9-17-15-8-7-14(13(4)5)10-16(15)18-11-12(2)3/h12-17H,6-11H2,1-5H3. The summed E-state index contributed by atoms with van der Waals surface area (Å²) in [5.74, 6) is 3.95. The Morgan fingerprint density at radius 3 is 2.44 bits per heavy atom. The summed E-state index contributed by atoms with van der Waals surface area (Å²) in [6, 6.07) is 0.767. The number of thioether (sulfide) groups is 1. The summed E-state index contributed by atoms with van der Waals surface area (Å²) >= 11 is 2.22. The second-order valence-electron chi connectivity index (χ2n) is 6.64. The highest BCUT2D eigenvalue weighted by atomic mass is 32.2. The van der Waals surface area contributed by atoms with Crippen LogP contribution in [0, 0.1) is 17.8 Å². The van der Waals surface area contributed by atoms with E-state index in [1.807, 2.05) is 0 Å². The van der Waals surface area contributed by atoms with Crippen LogP contribution < -0.4 is 5.32 Å². The third-order valence-corrected chi connectivity index (χ3v) is 5.88. The molecule has 0 saturated heterocycles. The van der Waals surface area contributed by atoms with Crippen LogP contribution in [0.2, 0.25) is 0 Å². The van der Waals surface area contributed by atoms with Crippen LogP contribution >= 0.6 is 11.8 Å². The number of rotatable bonds is 7. The Bertz CT molecular complexity index is 215. The van der Waals surface area contributed by atoms with E-state index in [1.54, 1.807) is 0 Å². The van der Waals surface area contributed by atoms with Crippen molar-refractivity contribution in [1.29, 1.82) is 0 Å². The van der Waals surface area contributed by atoms with Crippen LogP contribution in [0.5, 0.6) is 0 Å². The van der Waals surface area contributed by atoms with Crippen LogP contribution in [0.3, 0.4) is 0 Å². The van der Waals surface area contributed by atoms with Gasteiger partial charge >= 0.3 is 0 Å². The molecule has 1 nitrogen and oxygen atoms in total. The average Bonchev–Trinajstić information content (AvgIpc) is 2.33. The van der Waals surface area contributed by atoms with Crippen LogP contribution in [0.1, 0.15) is 60.3 Å². The first-order chi connectivity index (χ1) is 8.54. The van der Waals surface area contributed by atoms with E-state index in [0.717, 1.165) is 29.0 Å². The van der Waals surface area contributed by atoms with Gasteiger partial charge in [0.2, 0.25) is 0 Å². The van der Waals surface area contributed by atoms with Crippen molar-refractivity contribution >= 4 is 11.8 Å². The fraction of sp³-hybridized carbons (Fsp3) is 1.00. The van der Waals surface area contributed by atoms with Crippen molar-refractivity contribution in [1.82, 2.24) is 5.32 Å². The monoisotopic (exact) mass is 271 g/mol. The van der Waals surface area contributed by atoms with Gasteiger partial charge in [0.05, 0.1) is 0 Å². The maximum Gasteiger partial charge on any atom is 0.0204 e. The van der Waals surface area contributed by atoms with Crippen LogP contribution in [0.15, 0.2) is 0 Å². The third kappa shape index (κ3) is 5.52. The smallest absolute Gasteiger partial charge is 0.0204 e. The van der Waals surface area contributed by atoms with Crippen molar-refractivity contribution in [2.45, 2.75) is 71.6 Å². The molecule has 0 radical (unpaired) electrons. The minimum absolute atomic E-state index is 0.767. The topological polar surface area (TPSA) is 12.0 Å². The van der Waals surface area contributed by atoms with Crippen molar-refractivity contribution in [3.05, 3.63) is 0 Å². The summed E-state index contributed by atoms with van der Waals surface area (Å²) in [4.78, 5) is 0. The Kier molecular flexibility index (Phi) is 7.70. The fourth-order valence-corrected chi connectivity index (χ4v) is 4.31. The van der Waals surface area contributed by atoms with Crippen LogP contribution in [0.4, 0.5) is 0 Å². The molecule has 0 bridgehead atoms. The molecule has 0 aromatic rings. The van der Waals surface area contributed by atoms with E-state index in [9.17, 15) is 0 Å². The molecule has 0 amide bonds. The Balaban J connectivity index is 2.49. The molecule has 0 spiro atoms. The molecule has 2 heteroatoms. The summed E-state index contributed by atoms with van der Waals surface area (Å²) in [7, 11) is 0. The van der Waals surface area contributed by atoms with Gasteiger partial charge in [0.25, 0.3) is 0 Å². The molecule has 1 rings (SSSR count). The van der Waals surface area contributed by atoms with Gasteiger partial charge in [0, 0.05) is 11.3 Å². The zero-order valence-corrected chi connectivity index (χ0v) is 13.9. The molecule has 1 aliphatic rings. The van der Waals surface area contributed by atoms with Gasteiger partial charge in [-0.15, -0.1) is 0 Å². The summed E-state index contributed by atoms with van der Waals surface area (Å²) in [5, 5.41) is 4.63. The van der Waals surface area contributed by atoms with Crippen molar-refractivity contribution in [2.24, 2.45) is 17.8 Å². The average molecular weight is 272 g/mol. The van der Waals surface area contributed by atoms with Crippen LogP contribution in [0.25, 0.3) is 0 Å². The molecule has 1 aliphatic carbocycles. The Labute approximate surface area is 119 Å². The minimum Gasteiger partial charge on any atom is -0.313 e. The van der Waals surface area contributed by atoms with Gasteiger partial charge in [-0.05, 0) is 55.7 Å². The molecule has 1 fully saturated rings. The number of hydrogen-bond acceptors (Lipinski definition) is 2. The first-order valence-corrected chi connectivity index (χ1v) is 8.94. The van der Waals surface area contributed by atoms with Crippen molar-refractivity contribution < 1.29 is 0 Å². The molecule has 0 aromatic carbocycles. The van der Waals surface area contributed by atoms with Gasteiger partial charge in [0.1, 0.15) is 0 Å². The van der Waals surface area contributed by atoms with Crippen molar-refractivity contribution in [3.8, 4) is 0 Å². The quantitative estimate of drug-likeness (QED) is 0.728. The van der Waals surface area contributed by atoms with E-state index in [2.05, 4.69) is 51.7 Å². The number of hydrogen-bond donors (Lipinski definition) is 1. The number of nitrogens with one attached hydrogen (secondary N) is 1. The van der Waals surface area contributed by atoms with Crippen LogP contribution in [-0.2, 0) is 0 Å². The van der Waals surface area contributed by atoms with Crippen molar-refractivity contribution in [3.63, 3.8) is 0 Å². The molecular weight excluding hydrogens is 238 g/mol. The van der Waals surface area contributed by atoms with E-state index in [0.29, 0.717) is 0 Å². The Morgan fingerprint density at radius 1 is 1.17 bits per heavy atom. The zero-order valence-electron chi connectivity index (χ0n) is 13.0. The van der Waals surface area contributed by atoms with Gasteiger partial charge in [-0.25, -0.2) is 0 Å². The van der Waals surface area contributed by atoms with E-state index >= 15 is 0 Å². The van der Waals surface area contributed by atoms with E-state index in [-0.39, 0.29) is 0 Å². The van der Waals surface area contributed by atoms with Crippen LogP contribution in [-0.4, -0.2) is 23.6 Å². The molecule has 108 valence electrons. The molecule has 0 aliphatic heterocycles. The normalized spacial score (nSPS) is 29.2. The molecule has 18 heavy (non-hydrogen) atoms. The lowest BCUT2D eigenvalue weighted by molar-refractivity contribution is 0.246. The highest BCUT2D eigenvalue weighted by molar-refractivity contribution is 7.99. The predicted octanol–water partition coefficient (Wildman–Crippen LogP) is 4.57. The fourth-order valence-electron chi connectivity index (χ4n) is 2.83. The summed E-state index contributed by atoms with van der Waals surface area (Å²) in [6.07, 6.45) is 5.50. The van der Waals surface area contributed by atoms with Gasteiger partial charge in [-0.2, -0.15) is 11.8 Å². The first kappa shape index (κ1) is 16.4. The molecule has 3 unspecified atom stereocenters. The summed E-state index contributed by atoms with van der Waals surface area (Å²) in [6.45, 7) is 12.9. The first-order valence-electron chi connectivity index (χ1n) is 7.89. The molecule has 1 saturated carbocycles. The molecule has 1 N–H and O–H groups in total. The molecule has 0 heterocycles. The lowest BCUT2D eigenvalue weighted by atomic mass is 9.79. The largest absolute Gasteiger partial charge is 0.313 e. The van der Waals surface area contributed by atoms with E-state index < -0.39 is 0 Å². The van der Waals surface area contributed by atoms with E-state index in [4.69, 9.17) is 0 Å². The Hall–Kier alpha value is 0.310. The minimum atomic E-state index is 0.767. The maximum absolute atomic E-state index is 3.78. The third-order valence-electron chi connectivity index (χ3n) is 4.08. The predicted molar refractivity (Wildman–Crippen MR) is 85.3 cm³/mol. The van der Waals surface area contributed by atoms with E-state index in [1.165, 1.54) is 38.0 Å². The van der Waals surface area contributed by atoms with Gasteiger partial charge in [-0.1, -0.05) is 34.6 Å². The summed E-state index contributed by atoms with van der Waals surface area (Å²) in [5.41, 5.74) is 0. The van der Waals surface area contributed by atoms with Crippen molar-refractivity contribution in [2.75, 3.05) is 12.3 Å². The summed E-state index contributed by atoms with van der Waals surface area (Å²) < 4.78 is 0. The van der Waals surface area contributed by atoms with Gasteiger partial charge in [-0.3, -0.25) is 0 Å². The maximum atomic E-state index is 3.78.